The minimum atomic E-state index is -1.17. The molecule has 0 aromatic heterocycles. The van der Waals surface area contributed by atoms with Crippen molar-refractivity contribution in [1.82, 2.24) is 4.90 Å². The van der Waals surface area contributed by atoms with Gasteiger partial charge in [0, 0.05) is 12.8 Å². The Morgan fingerprint density at radius 1 is 0.941 bits per heavy atom. The molecule has 0 fully saturated rings. The highest BCUT2D eigenvalue weighted by Gasteiger charge is 2.24. The normalized spacial score (nSPS) is 10.7. The third-order valence-electron chi connectivity index (χ3n) is 2.06. The first-order valence-electron chi connectivity index (χ1n) is 5.79. The Morgan fingerprint density at radius 3 is 1.53 bits per heavy atom. The molecule has 0 radical (unpaired) electrons. The van der Waals surface area contributed by atoms with E-state index >= 15 is 0 Å². The number of hydrogen-bond acceptors (Lipinski definition) is 3. The van der Waals surface area contributed by atoms with Crippen molar-refractivity contribution in [2.24, 2.45) is 11.8 Å². The molecule has 2 amide bonds. The molecule has 0 saturated carbocycles. The second kappa shape index (κ2) is 7.04. The number of imide groups is 1. The molecule has 0 aliphatic heterocycles. The van der Waals surface area contributed by atoms with E-state index in [1.165, 1.54) is 0 Å². The number of aliphatic carboxylic acids is 1. The molecule has 0 atom stereocenters. The standard InChI is InChI=1S/C12H21NO4/c1-8(2)5-10(14)13(7-12(16)17)11(15)6-9(3)4/h8-9H,5-7H2,1-4H3,(H,16,17). The Bertz CT molecular complexity index is 275. The molecule has 0 heterocycles. The SMILES string of the molecule is CC(C)CC(=O)N(CC(=O)O)C(=O)CC(C)C. The minimum absolute atomic E-state index is 0.102. The molecule has 98 valence electrons. The Morgan fingerprint density at radius 2 is 1.29 bits per heavy atom. The first kappa shape index (κ1) is 15.6. The fourth-order valence-electron chi connectivity index (χ4n) is 1.37. The van der Waals surface area contributed by atoms with Crippen LogP contribution in [0, 0.1) is 11.8 Å². The molecule has 0 spiro atoms. The van der Waals surface area contributed by atoms with Gasteiger partial charge in [0.1, 0.15) is 6.54 Å². The number of carboxylic acids is 1. The van der Waals surface area contributed by atoms with Crippen molar-refractivity contribution in [2.75, 3.05) is 6.54 Å². The molecule has 0 rings (SSSR count). The van der Waals surface area contributed by atoms with Crippen LogP contribution in [0.1, 0.15) is 40.5 Å². The van der Waals surface area contributed by atoms with Crippen LogP contribution in [0.5, 0.6) is 0 Å². The third-order valence-corrected chi connectivity index (χ3v) is 2.06. The summed E-state index contributed by atoms with van der Waals surface area (Å²) in [6, 6.07) is 0. The van der Waals surface area contributed by atoms with Crippen LogP contribution in [0.4, 0.5) is 0 Å². The summed E-state index contributed by atoms with van der Waals surface area (Å²) in [5.74, 6) is -1.78. The molecule has 0 aliphatic rings. The van der Waals surface area contributed by atoms with Crippen LogP contribution in [0.25, 0.3) is 0 Å². The van der Waals surface area contributed by atoms with Gasteiger partial charge in [-0.05, 0) is 11.8 Å². The van der Waals surface area contributed by atoms with Crippen LogP contribution in [0.15, 0.2) is 0 Å². The fourth-order valence-corrected chi connectivity index (χ4v) is 1.37. The van der Waals surface area contributed by atoms with E-state index in [9.17, 15) is 14.4 Å². The van der Waals surface area contributed by atoms with Gasteiger partial charge in [-0.15, -0.1) is 0 Å². The highest BCUT2D eigenvalue weighted by atomic mass is 16.4. The van der Waals surface area contributed by atoms with Gasteiger partial charge in [0.15, 0.2) is 0 Å². The molecule has 1 N–H and O–H groups in total. The molecule has 0 aliphatic carbocycles. The Labute approximate surface area is 102 Å². The Balaban J connectivity index is 4.68. The average Bonchev–Trinajstić information content (AvgIpc) is 2.11. The van der Waals surface area contributed by atoms with E-state index in [0.29, 0.717) is 0 Å². The van der Waals surface area contributed by atoms with Crippen LogP contribution >= 0.6 is 0 Å². The van der Waals surface area contributed by atoms with E-state index in [0.717, 1.165) is 4.90 Å². The highest BCUT2D eigenvalue weighted by molar-refractivity contribution is 5.98. The molecular formula is C12H21NO4. The topological polar surface area (TPSA) is 74.7 Å². The van der Waals surface area contributed by atoms with Gasteiger partial charge in [0.05, 0.1) is 0 Å². The van der Waals surface area contributed by atoms with Crippen molar-refractivity contribution in [2.45, 2.75) is 40.5 Å². The van der Waals surface area contributed by atoms with Gasteiger partial charge in [0.25, 0.3) is 0 Å². The second-order valence-corrected chi connectivity index (χ2v) is 4.96. The van der Waals surface area contributed by atoms with Gasteiger partial charge in [0.2, 0.25) is 11.8 Å². The van der Waals surface area contributed by atoms with Crippen LogP contribution in [0.3, 0.4) is 0 Å². The number of carbonyl (C=O) groups is 3. The van der Waals surface area contributed by atoms with Crippen molar-refractivity contribution >= 4 is 17.8 Å². The third kappa shape index (κ3) is 6.71. The van der Waals surface area contributed by atoms with Crippen molar-refractivity contribution in [3.05, 3.63) is 0 Å². The summed E-state index contributed by atoms with van der Waals surface area (Å²) in [7, 11) is 0. The highest BCUT2D eigenvalue weighted by Crippen LogP contribution is 2.09. The molecule has 0 aromatic carbocycles. The van der Waals surface area contributed by atoms with Crippen molar-refractivity contribution in [3.8, 4) is 0 Å². The summed E-state index contributed by atoms with van der Waals surface area (Å²) in [6.07, 6.45) is 0.383. The van der Waals surface area contributed by atoms with Crippen LogP contribution < -0.4 is 0 Å². The monoisotopic (exact) mass is 243 g/mol. The molecule has 5 heteroatoms. The zero-order valence-corrected chi connectivity index (χ0v) is 10.9. The predicted molar refractivity (Wildman–Crippen MR) is 63.3 cm³/mol. The summed E-state index contributed by atoms with van der Waals surface area (Å²) < 4.78 is 0. The lowest BCUT2D eigenvalue weighted by Crippen LogP contribution is -2.41. The Kier molecular flexibility index (Phi) is 6.46. The van der Waals surface area contributed by atoms with Gasteiger partial charge >= 0.3 is 5.97 Å². The molecule has 0 bridgehead atoms. The number of nitrogens with zero attached hydrogens (tertiary/aromatic N) is 1. The average molecular weight is 243 g/mol. The number of carboxylic acid groups (broad SMARTS) is 1. The van der Waals surface area contributed by atoms with E-state index in [1.807, 2.05) is 27.7 Å². The molecular weight excluding hydrogens is 222 g/mol. The van der Waals surface area contributed by atoms with Gasteiger partial charge in [-0.1, -0.05) is 27.7 Å². The first-order valence-corrected chi connectivity index (χ1v) is 5.79. The maximum Gasteiger partial charge on any atom is 0.323 e. The largest absolute Gasteiger partial charge is 0.480 e. The van der Waals surface area contributed by atoms with E-state index in [-0.39, 0.29) is 24.7 Å². The summed E-state index contributed by atoms with van der Waals surface area (Å²) >= 11 is 0. The summed E-state index contributed by atoms with van der Waals surface area (Å²) in [5.41, 5.74) is 0. The zero-order chi connectivity index (χ0) is 13.6. The van der Waals surface area contributed by atoms with Crippen molar-refractivity contribution < 1.29 is 19.5 Å². The number of carbonyl (C=O) groups excluding carboxylic acids is 2. The summed E-state index contributed by atoms with van der Waals surface area (Å²) in [6.45, 7) is 6.86. The molecule has 17 heavy (non-hydrogen) atoms. The fraction of sp³-hybridized carbons (Fsp3) is 0.750. The van der Waals surface area contributed by atoms with E-state index < -0.39 is 24.3 Å². The summed E-state index contributed by atoms with van der Waals surface area (Å²) in [4.78, 5) is 35.0. The van der Waals surface area contributed by atoms with E-state index in [1.54, 1.807) is 0 Å². The lowest BCUT2D eigenvalue weighted by Gasteiger charge is -2.20. The maximum atomic E-state index is 11.8. The first-order chi connectivity index (χ1) is 7.73. The van der Waals surface area contributed by atoms with Gasteiger partial charge in [-0.25, -0.2) is 0 Å². The van der Waals surface area contributed by atoms with Crippen LogP contribution in [-0.4, -0.2) is 34.3 Å². The van der Waals surface area contributed by atoms with Crippen molar-refractivity contribution in [1.29, 1.82) is 0 Å². The van der Waals surface area contributed by atoms with E-state index in [2.05, 4.69) is 0 Å². The van der Waals surface area contributed by atoms with Crippen molar-refractivity contribution in [3.63, 3.8) is 0 Å². The van der Waals surface area contributed by atoms with Crippen LogP contribution in [-0.2, 0) is 14.4 Å². The quantitative estimate of drug-likeness (QED) is 0.767. The van der Waals surface area contributed by atoms with Gasteiger partial charge < -0.3 is 5.11 Å². The lowest BCUT2D eigenvalue weighted by molar-refractivity contribution is -0.153. The zero-order valence-electron chi connectivity index (χ0n) is 10.9. The predicted octanol–water partition coefficient (Wildman–Crippen LogP) is 1.52. The van der Waals surface area contributed by atoms with E-state index in [4.69, 9.17) is 5.11 Å². The van der Waals surface area contributed by atoms with Gasteiger partial charge in [-0.3, -0.25) is 19.3 Å². The summed E-state index contributed by atoms with van der Waals surface area (Å²) in [5, 5.41) is 8.70. The Hall–Kier alpha value is -1.39. The lowest BCUT2D eigenvalue weighted by atomic mass is 10.1. The minimum Gasteiger partial charge on any atom is -0.480 e. The molecule has 5 nitrogen and oxygen atoms in total. The van der Waals surface area contributed by atoms with Crippen LogP contribution in [0.2, 0.25) is 0 Å². The maximum absolute atomic E-state index is 11.8. The second-order valence-electron chi connectivity index (χ2n) is 4.96. The molecule has 0 aromatic rings. The number of amides is 2. The van der Waals surface area contributed by atoms with Gasteiger partial charge in [-0.2, -0.15) is 0 Å². The number of rotatable bonds is 6. The smallest absolute Gasteiger partial charge is 0.323 e. The number of hydrogen-bond donors (Lipinski definition) is 1. The molecule has 0 saturated heterocycles. The molecule has 0 unspecified atom stereocenters.